The summed E-state index contributed by atoms with van der Waals surface area (Å²) in [6, 6.07) is 0. The maximum atomic E-state index is 11.0. The van der Waals surface area contributed by atoms with Crippen molar-refractivity contribution in [2.24, 2.45) is 11.8 Å². The van der Waals surface area contributed by atoms with Crippen molar-refractivity contribution < 1.29 is 29.3 Å². The molecule has 6 nitrogen and oxygen atoms in total. The van der Waals surface area contributed by atoms with Gasteiger partial charge in [-0.2, -0.15) is 0 Å². The van der Waals surface area contributed by atoms with Gasteiger partial charge in [-0.15, -0.1) is 0 Å². The van der Waals surface area contributed by atoms with Crippen LogP contribution in [0.2, 0.25) is 0 Å². The Labute approximate surface area is 92.2 Å². The topological polar surface area (TPSA) is 93.1 Å². The fourth-order valence-electron chi connectivity index (χ4n) is 2.46. The Hall–Kier alpha value is -1.14. The second-order valence-corrected chi connectivity index (χ2v) is 4.69. The van der Waals surface area contributed by atoms with Crippen LogP contribution < -0.4 is 0 Å². The monoisotopic (exact) mass is 230 g/mol. The van der Waals surface area contributed by atoms with Crippen LogP contribution in [-0.2, 0) is 19.1 Å². The summed E-state index contributed by atoms with van der Waals surface area (Å²) in [5, 5.41) is 18.0. The average Bonchev–Trinajstić information content (AvgIpc) is 2.56. The molecule has 0 bridgehead atoms. The number of hydrogen-bond donors (Lipinski definition) is 2. The highest BCUT2D eigenvalue weighted by Gasteiger charge is 2.58. The van der Waals surface area contributed by atoms with Crippen molar-refractivity contribution in [2.45, 2.75) is 38.3 Å². The van der Waals surface area contributed by atoms with E-state index in [2.05, 4.69) is 0 Å². The molecule has 1 heterocycles. The van der Waals surface area contributed by atoms with E-state index in [0.29, 0.717) is 0 Å². The molecular weight excluding hydrogens is 216 g/mol. The quantitative estimate of drug-likeness (QED) is 0.709. The molecule has 0 aromatic heterocycles. The Kier molecular flexibility index (Phi) is 2.43. The van der Waals surface area contributed by atoms with Gasteiger partial charge in [0.25, 0.3) is 0 Å². The average molecular weight is 230 g/mol. The Morgan fingerprint density at radius 1 is 1.06 bits per heavy atom. The molecule has 1 saturated heterocycles. The summed E-state index contributed by atoms with van der Waals surface area (Å²) in [5.41, 5.74) is 0. The molecule has 90 valence electrons. The summed E-state index contributed by atoms with van der Waals surface area (Å²) in [7, 11) is 0. The van der Waals surface area contributed by atoms with E-state index in [1.165, 1.54) is 0 Å². The molecule has 0 spiro atoms. The summed E-state index contributed by atoms with van der Waals surface area (Å²) in [4.78, 5) is 22.0. The smallest absolute Gasteiger partial charge is 0.309 e. The zero-order chi connectivity index (χ0) is 12.1. The van der Waals surface area contributed by atoms with E-state index in [9.17, 15) is 9.59 Å². The van der Waals surface area contributed by atoms with Gasteiger partial charge in [0.1, 0.15) is 12.2 Å². The van der Waals surface area contributed by atoms with Crippen molar-refractivity contribution in [3.63, 3.8) is 0 Å². The SMILES string of the molecule is CC1(C)O[C@@H]2[C@H](O1)[C@H](C(=O)O)C[C@@H]2C(=O)O. The molecule has 16 heavy (non-hydrogen) atoms. The summed E-state index contributed by atoms with van der Waals surface area (Å²) in [6.07, 6.45) is -1.25. The first kappa shape index (κ1) is 11.3. The fourth-order valence-corrected chi connectivity index (χ4v) is 2.46. The maximum Gasteiger partial charge on any atom is 0.309 e. The molecule has 0 unspecified atom stereocenters. The van der Waals surface area contributed by atoms with E-state index in [-0.39, 0.29) is 6.42 Å². The third-order valence-electron chi connectivity index (χ3n) is 3.10. The second-order valence-electron chi connectivity index (χ2n) is 4.69. The molecule has 2 aliphatic rings. The first-order chi connectivity index (χ1) is 7.32. The van der Waals surface area contributed by atoms with Gasteiger partial charge in [-0.25, -0.2) is 0 Å². The number of fused-ring (bicyclic) bond motifs is 1. The van der Waals surface area contributed by atoms with Crippen LogP contribution in [0, 0.1) is 11.8 Å². The van der Waals surface area contributed by atoms with Crippen LogP contribution in [0.25, 0.3) is 0 Å². The van der Waals surface area contributed by atoms with Gasteiger partial charge >= 0.3 is 11.9 Å². The number of carboxylic acids is 2. The Morgan fingerprint density at radius 2 is 1.44 bits per heavy atom. The molecule has 4 atom stereocenters. The van der Waals surface area contributed by atoms with E-state index in [0.717, 1.165) is 0 Å². The van der Waals surface area contributed by atoms with E-state index in [4.69, 9.17) is 19.7 Å². The normalized spacial score (nSPS) is 40.6. The molecule has 0 amide bonds. The van der Waals surface area contributed by atoms with Crippen molar-refractivity contribution >= 4 is 11.9 Å². The summed E-state index contributed by atoms with van der Waals surface area (Å²) < 4.78 is 10.9. The standard InChI is InChI=1S/C10H14O6/c1-10(2)15-6-4(8(11)12)3-5(9(13)14)7(6)16-10/h4-7H,3H2,1-2H3,(H,11,12)(H,13,14)/t4-,5+,6-,7+. The van der Waals surface area contributed by atoms with Gasteiger partial charge in [0.15, 0.2) is 5.79 Å². The predicted octanol–water partition coefficient (Wildman–Crippen LogP) is 0.312. The Bertz CT molecular complexity index is 306. The van der Waals surface area contributed by atoms with E-state index in [1.54, 1.807) is 13.8 Å². The zero-order valence-electron chi connectivity index (χ0n) is 9.04. The Morgan fingerprint density at radius 3 is 1.75 bits per heavy atom. The number of aliphatic carboxylic acids is 2. The van der Waals surface area contributed by atoms with Crippen LogP contribution in [0.3, 0.4) is 0 Å². The van der Waals surface area contributed by atoms with E-state index >= 15 is 0 Å². The van der Waals surface area contributed by atoms with E-state index < -0.39 is 41.8 Å². The number of ether oxygens (including phenoxy) is 2. The van der Waals surface area contributed by atoms with Gasteiger partial charge in [-0.1, -0.05) is 0 Å². The lowest BCUT2D eigenvalue weighted by Crippen LogP contribution is -2.30. The third kappa shape index (κ3) is 1.68. The lowest BCUT2D eigenvalue weighted by Gasteiger charge is -2.21. The van der Waals surface area contributed by atoms with Gasteiger partial charge in [0.2, 0.25) is 0 Å². The molecule has 1 aliphatic carbocycles. The minimum Gasteiger partial charge on any atom is -0.481 e. The third-order valence-corrected chi connectivity index (χ3v) is 3.10. The minimum atomic E-state index is -1.03. The van der Waals surface area contributed by atoms with Crippen molar-refractivity contribution in [1.29, 1.82) is 0 Å². The molecule has 0 radical (unpaired) electrons. The largest absolute Gasteiger partial charge is 0.481 e. The van der Waals surface area contributed by atoms with Crippen LogP contribution in [-0.4, -0.2) is 40.1 Å². The molecule has 2 fully saturated rings. The highest BCUT2D eigenvalue weighted by atomic mass is 16.8. The van der Waals surface area contributed by atoms with Crippen molar-refractivity contribution in [2.75, 3.05) is 0 Å². The van der Waals surface area contributed by atoms with Crippen molar-refractivity contribution in [1.82, 2.24) is 0 Å². The van der Waals surface area contributed by atoms with Gasteiger partial charge in [-0.05, 0) is 20.3 Å². The first-order valence-corrected chi connectivity index (χ1v) is 5.13. The minimum absolute atomic E-state index is 0.0656. The lowest BCUT2D eigenvalue weighted by molar-refractivity contribution is -0.172. The van der Waals surface area contributed by atoms with Gasteiger partial charge in [0.05, 0.1) is 11.8 Å². The highest BCUT2D eigenvalue weighted by molar-refractivity contribution is 5.77. The summed E-state index contributed by atoms with van der Waals surface area (Å²) in [6.45, 7) is 3.31. The van der Waals surface area contributed by atoms with Crippen molar-refractivity contribution in [3.8, 4) is 0 Å². The second kappa shape index (κ2) is 3.43. The number of rotatable bonds is 2. The zero-order valence-corrected chi connectivity index (χ0v) is 9.04. The first-order valence-electron chi connectivity index (χ1n) is 5.13. The van der Waals surface area contributed by atoms with Crippen LogP contribution in [0.5, 0.6) is 0 Å². The van der Waals surface area contributed by atoms with E-state index in [1.807, 2.05) is 0 Å². The predicted molar refractivity (Wildman–Crippen MR) is 50.7 cm³/mol. The van der Waals surface area contributed by atoms with Crippen LogP contribution >= 0.6 is 0 Å². The fraction of sp³-hybridized carbons (Fsp3) is 0.800. The molecule has 2 N–H and O–H groups in total. The number of carboxylic acid groups (broad SMARTS) is 2. The molecule has 1 aliphatic heterocycles. The summed E-state index contributed by atoms with van der Waals surface area (Å²) in [5.74, 6) is -4.56. The van der Waals surface area contributed by atoms with Gasteiger partial charge in [0, 0.05) is 0 Å². The molecule has 0 aromatic rings. The van der Waals surface area contributed by atoms with Crippen LogP contribution in [0.4, 0.5) is 0 Å². The maximum absolute atomic E-state index is 11.0. The van der Waals surface area contributed by atoms with Crippen LogP contribution in [0.15, 0.2) is 0 Å². The lowest BCUT2D eigenvalue weighted by atomic mass is 10.0. The summed E-state index contributed by atoms with van der Waals surface area (Å²) >= 11 is 0. The molecule has 0 aromatic carbocycles. The molecule has 1 saturated carbocycles. The van der Waals surface area contributed by atoms with Crippen LogP contribution in [0.1, 0.15) is 20.3 Å². The number of hydrogen-bond acceptors (Lipinski definition) is 4. The van der Waals surface area contributed by atoms with Crippen molar-refractivity contribution in [3.05, 3.63) is 0 Å². The molecular formula is C10H14O6. The Balaban J connectivity index is 2.25. The molecule has 6 heteroatoms. The molecule has 2 rings (SSSR count). The highest BCUT2D eigenvalue weighted by Crippen LogP contribution is 2.44. The van der Waals surface area contributed by atoms with Gasteiger partial charge in [-0.3, -0.25) is 9.59 Å². The number of carbonyl (C=O) groups is 2. The van der Waals surface area contributed by atoms with Gasteiger partial charge < -0.3 is 19.7 Å².